The number of nitrogens with one attached hydrogen (secondary N) is 2. The molecule has 5 nitrogen and oxygen atoms in total. The van der Waals surface area contributed by atoms with E-state index in [1.165, 1.54) is 6.07 Å². The summed E-state index contributed by atoms with van der Waals surface area (Å²) in [6, 6.07) is 11.5. The molecule has 0 saturated carbocycles. The number of carbonyl (C=O) groups excluding carboxylic acids is 1. The van der Waals surface area contributed by atoms with Crippen molar-refractivity contribution in [3.8, 4) is 0 Å². The highest BCUT2D eigenvalue weighted by molar-refractivity contribution is 5.93. The number of urea groups is 1. The van der Waals surface area contributed by atoms with E-state index < -0.39 is 11.6 Å². The van der Waals surface area contributed by atoms with Gasteiger partial charge in [0.15, 0.2) is 11.6 Å². The van der Waals surface area contributed by atoms with Crippen LogP contribution in [-0.2, 0) is 6.54 Å². The Morgan fingerprint density at radius 1 is 1.11 bits per heavy atom. The van der Waals surface area contributed by atoms with Gasteiger partial charge in [-0.2, -0.15) is 0 Å². The van der Waals surface area contributed by atoms with Crippen LogP contribution in [0.4, 0.5) is 25.0 Å². The second kappa shape index (κ2) is 9.01. The summed E-state index contributed by atoms with van der Waals surface area (Å²) < 4.78 is 26.4. The van der Waals surface area contributed by atoms with Crippen molar-refractivity contribution in [2.45, 2.75) is 25.4 Å². The lowest BCUT2D eigenvalue weighted by Gasteiger charge is -2.32. The highest BCUT2D eigenvalue weighted by Crippen LogP contribution is 2.23. The van der Waals surface area contributed by atoms with Gasteiger partial charge in [-0.3, -0.25) is 4.90 Å². The third-order valence-electron chi connectivity index (χ3n) is 4.95. The molecule has 1 saturated heterocycles. The fourth-order valence-corrected chi connectivity index (χ4v) is 3.44. The van der Waals surface area contributed by atoms with Crippen LogP contribution in [0.3, 0.4) is 0 Å². The largest absolute Gasteiger partial charge is 0.376 e. The second-order valence-electron chi connectivity index (χ2n) is 7.31. The topological polar surface area (TPSA) is 47.6 Å². The molecule has 1 heterocycles. The Balaban J connectivity index is 1.47. The first kappa shape index (κ1) is 20.1. The van der Waals surface area contributed by atoms with Gasteiger partial charge in [0.05, 0.1) is 11.4 Å². The fourth-order valence-electron chi connectivity index (χ4n) is 3.44. The quantitative estimate of drug-likeness (QED) is 0.819. The predicted molar refractivity (Wildman–Crippen MR) is 108 cm³/mol. The number of rotatable bonds is 5. The van der Waals surface area contributed by atoms with Gasteiger partial charge < -0.3 is 15.5 Å². The molecule has 2 aromatic carbocycles. The lowest BCUT2D eigenvalue weighted by Crippen LogP contribution is -2.45. The molecular formula is C21H26F2N4O. The number of amides is 2. The van der Waals surface area contributed by atoms with Gasteiger partial charge in [0.1, 0.15) is 0 Å². The standard InChI is InChI=1S/C21H26F2N4O/c1-26(2)20-6-4-3-5-19(20)25-21(28)24-16-9-11-27(12-10-16)14-15-7-8-17(22)18(23)13-15/h3-8,13,16H,9-12,14H2,1-2H3,(H2,24,25,28). The SMILES string of the molecule is CN(C)c1ccccc1NC(=O)NC1CCN(Cc2ccc(F)c(F)c2)CC1. The number of anilines is 2. The summed E-state index contributed by atoms with van der Waals surface area (Å²) in [7, 11) is 3.86. The van der Waals surface area contributed by atoms with E-state index >= 15 is 0 Å². The third-order valence-corrected chi connectivity index (χ3v) is 4.95. The van der Waals surface area contributed by atoms with Crippen LogP contribution in [0, 0.1) is 11.6 Å². The number of piperidine rings is 1. The van der Waals surface area contributed by atoms with Crippen LogP contribution >= 0.6 is 0 Å². The lowest BCUT2D eigenvalue weighted by atomic mass is 10.0. The van der Waals surface area contributed by atoms with E-state index in [1.54, 1.807) is 6.07 Å². The number of hydrogen-bond donors (Lipinski definition) is 2. The molecule has 2 aromatic rings. The van der Waals surface area contributed by atoms with E-state index in [0.29, 0.717) is 6.54 Å². The van der Waals surface area contributed by atoms with Gasteiger partial charge in [0.25, 0.3) is 0 Å². The van der Waals surface area contributed by atoms with E-state index in [9.17, 15) is 13.6 Å². The van der Waals surface area contributed by atoms with Crippen molar-refractivity contribution in [2.24, 2.45) is 0 Å². The summed E-state index contributed by atoms with van der Waals surface area (Å²) >= 11 is 0. The molecule has 28 heavy (non-hydrogen) atoms. The Morgan fingerprint density at radius 2 is 1.82 bits per heavy atom. The zero-order valence-electron chi connectivity index (χ0n) is 16.2. The number of halogens is 2. The molecule has 3 rings (SSSR count). The van der Waals surface area contributed by atoms with Crippen molar-refractivity contribution in [3.63, 3.8) is 0 Å². The number of nitrogens with zero attached hydrogens (tertiary/aromatic N) is 2. The lowest BCUT2D eigenvalue weighted by molar-refractivity contribution is 0.189. The first-order valence-corrected chi connectivity index (χ1v) is 9.42. The molecular weight excluding hydrogens is 362 g/mol. The molecule has 2 N–H and O–H groups in total. The minimum Gasteiger partial charge on any atom is -0.376 e. The Kier molecular flexibility index (Phi) is 6.46. The number of para-hydroxylation sites is 2. The van der Waals surface area contributed by atoms with E-state index in [0.717, 1.165) is 48.9 Å². The minimum absolute atomic E-state index is 0.0905. The fraction of sp³-hybridized carbons (Fsp3) is 0.381. The van der Waals surface area contributed by atoms with Crippen LogP contribution in [0.1, 0.15) is 18.4 Å². The zero-order chi connectivity index (χ0) is 20.1. The number of carbonyl (C=O) groups is 1. The summed E-state index contributed by atoms with van der Waals surface area (Å²) in [5.74, 6) is -1.64. The van der Waals surface area contributed by atoms with Gasteiger partial charge in [-0.05, 0) is 42.7 Å². The molecule has 0 spiro atoms. The summed E-state index contributed by atoms with van der Waals surface area (Å²) in [6.07, 6.45) is 1.62. The van der Waals surface area contributed by atoms with Gasteiger partial charge >= 0.3 is 6.03 Å². The van der Waals surface area contributed by atoms with E-state index in [2.05, 4.69) is 15.5 Å². The second-order valence-corrected chi connectivity index (χ2v) is 7.31. The van der Waals surface area contributed by atoms with Crippen LogP contribution in [0.25, 0.3) is 0 Å². The number of likely N-dealkylation sites (tertiary alicyclic amines) is 1. The molecule has 1 aliphatic rings. The first-order chi connectivity index (χ1) is 13.4. The summed E-state index contributed by atoms with van der Waals surface area (Å²) in [6.45, 7) is 2.16. The number of hydrogen-bond acceptors (Lipinski definition) is 3. The summed E-state index contributed by atoms with van der Waals surface area (Å²) in [4.78, 5) is 16.5. The summed E-state index contributed by atoms with van der Waals surface area (Å²) in [5, 5.41) is 5.95. The van der Waals surface area contributed by atoms with Gasteiger partial charge in [-0.25, -0.2) is 13.6 Å². The monoisotopic (exact) mass is 388 g/mol. The minimum atomic E-state index is -0.825. The molecule has 2 amide bonds. The summed E-state index contributed by atoms with van der Waals surface area (Å²) in [5.41, 5.74) is 2.46. The Hall–Kier alpha value is -2.67. The van der Waals surface area contributed by atoms with Crippen molar-refractivity contribution in [1.29, 1.82) is 0 Å². The van der Waals surface area contributed by atoms with Crippen LogP contribution < -0.4 is 15.5 Å². The molecule has 0 atom stereocenters. The molecule has 1 fully saturated rings. The van der Waals surface area contributed by atoms with Gasteiger partial charge in [0, 0.05) is 39.8 Å². The maximum absolute atomic E-state index is 13.3. The molecule has 0 unspecified atom stereocenters. The van der Waals surface area contributed by atoms with Gasteiger partial charge in [0.2, 0.25) is 0 Å². The van der Waals surface area contributed by atoms with Crippen LogP contribution in [0.15, 0.2) is 42.5 Å². The molecule has 0 bridgehead atoms. The average molecular weight is 388 g/mol. The van der Waals surface area contributed by atoms with Crippen LogP contribution in [0.2, 0.25) is 0 Å². The molecule has 7 heteroatoms. The normalized spacial score (nSPS) is 15.3. The molecule has 1 aliphatic heterocycles. The van der Waals surface area contributed by atoms with E-state index in [-0.39, 0.29) is 12.1 Å². The average Bonchev–Trinajstić information content (AvgIpc) is 2.66. The van der Waals surface area contributed by atoms with Crippen molar-refractivity contribution >= 4 is 17.4 Å². The van der Waals surface area contributed by atoms with Crippen molar-refractivity contribution < 1.29 is 13.6 Å². The number of benzene rings is 2. The van der Waals surface area contributed by atoms with Crippen molar-refractivity contribution in [1.82, 2.24) is 10.2 Å². The Labute approximate surface area is 164 Å². The molecule has 0 radical (unpaired) electrons. The maximum Gasteiger partial charge on any atom is 0.319 e. The first-order valence-electron chi connectivity index (χ1n) is 9.42. The highest BCUT2D eigenvalue weighted by Gasteiger charge is 2.21. The third kappa shape index (κ3) is 5.19. The van der Waals surface area contributed by atoms with Gasteiger partial charge in [-0.15, -0.1) is 0 Å². The smallest absolute Gasteiger partial charge is 0.319 e. The molecule has 150 valence electrons. The van der Waals surface area contributed by atoms with E-state index in [4.69, 9.17) is 0 Å². The van der Waals surface area contributed by atoms with E-state index in [1.807, 2.05) is 43.3 Å². The Bertz CT molecular complexity index is 820. The van der Waals surface area contributed by atoms with Gasteiger partial charge in [-0.1, -0.05) is 18.2 Å². The Morgan fingerprint density at radius 3 is 2.50 bits per heavy atom. The highest BCUT2D eigenvalue weighted by atomic mass is 19.2. The van der Waals surface area contributed by atoms with Crippen LogP contribution in [-0.4, -0.2) is 44.2 Å². The zero-order valence-corrected chi connectivity index (χ0v) is 16.2. The molecule has 0 aliphatic carbocycles. The van der Waals surface area contributed by atoms with Crippen molar-refractivity contribution in [2.75, 3.05) is 37.4 Å². The molecule has 0 aromatic heterocycles. The predicted octanol–water partition coefficient (Wildman–Crippen LogP) is 3.82. The van der Waals surface area contributed by atoms with Crippen LogP contribution in [0.5, 0.6) is 0 Å². The maximum atomic E-state index is 13.3. The van der Waals surface area contributed by atoms with Crippen molar-refractivity contribution in [3.05, 3.63) is 59.7 Å².